The van der Waals surface area contributed by atoms with E-state index in [4.69, 9.17) is 23.7 Å². The van der Waals surface area contributed by atoms with Gasteiger partial charge in [-0.2, -0.15) is 0 Å². The van der Waals surface area contributed by atoms with Crippen molar-refractivity contribution in [2.45, 2.75) is 86.5 Å². The molecule has 2 aromatic carbocycles. The topological polar surface area (TPSA) is 225 Å². The summed E-state index contributed by atoms with van der Waals surface area (Å²) >= 11 is 0. The molecule has 4 unspecified atom stereocenters. The highest BCUT2D eigenvalue weighted by atomic mass is 16.7. The number of carbonyl (C=O) groups excluding carboxylic acids is 1. The Morgan fingerprint density at radius 1 is 0.548 bits per heavy atom. The maximum atomic E-state index is 12.5. The van der Waals surface area contributed by atoms with E-state index in [1.54, 1.807) is 54.6 Å². The van der Waals surface area contributed by atoms with Crippen LogP contribution in [0.2, 0.25) is 0 Å². The van der Waals surface area contributed by atoms with Crippen molar-refractivity contribution >= 4 is 6.16 Å². The van der Waals surface area contributed by atoms with Gasteiger partial charge in [-0.05, 0) is 23.3 Å². The molecule has 14 nitrogen and oxygen atoms in total. The molecule has 8 N–H and O–H groups in total. The number of methoxy groups -OCH3 is 1. The standard InChI is InChI=1S/C28H36O14/c1-38-15-9-7-14(8-10-15)12-40-25-18(31)22(35)27(23(36)19(25)32)42-28(37)41-26-20(33)16(29)24(17(30)21(26)34)39-11-13-5-3-2-4-6-13/h2-10,16-27,29-36H,11-12H2,1H3/t16-,17+,18-,19-,20-,21-,22-,23+,24?,25?,26?,27?/m1/s1. The highest BCUT2D eigenvalue weighted by molar-refractivity contribution is 5.61. The van der Waals surface area contributed by atoms with Crippen LogP contribution in [-0.4, -0.2) is 127 Å². The Balaban J connectivity index is 1.33. The molecule has 0 radical (unpaired) electrons. The Morgan fingerprint density at radius 3 is 1.29 bits per heavy atom. The highest BCUT2D eigenvalue weighted by Crippen LogP contribution is 2.30. The Labute approximate surface area is 240 Å². The minimum Gasteiger partial charge on any atom is -0.497 e. The van der Waals surface area contributed by atoms with Crippen molar-refractivity contribution in [3.8, 4) is 5.75 Å². The molecule has 0 heterocycles. The van der Waals surface area contributed by atoms with Crippen LogP contribution in [0.15, 0.2) is 54.6 Å². The van der Waals surface area contributed by atoms with Gasteiger partial charge in [-0.3, -0.25) is 0 Å². The van der Waals surface area contributed by atoms with Crippen LogP contribution in [0.1, 0.15) is 11.1 Å². The summed E-state index contributed by atoms with van der Waals surface area (Å²) < 4.78 is 26.0. The SMILES string of the molecule is COc1ccc(COC2[C@H](O)[C@H](O)C(OC(=O)OC3[C@H](O)[C@H](O)C(OCc4ccccc4)[C@H](O)[C@H]3O)[C@H](O)[C@H]2O)cc1. The first-order valence-electron chi connectivity index (χ1n) is 13.2. The van der Waals surface area contributed by atoms with E-state index in [1.165, 1.54) is 7.11 Å². The van der Waals surface area contributed by atoms with Crippen molar-refractivity contribution in [3.05, 3.63) is 65.7 Å². The van der Waals surface area contributed by atoms with Gasteiger partial charge in [0.05, 0.1) is 20.3 Å². The minimum absolute atomic E-state index is 0.0560. The Hall–Kier alpha value is -2.89. The van der Waals surface area contributed by atoms with E-state index in [2.05, 4.69) is 0 Å². The molecule has 2 saturated carbocycles. The number of aliphatic hydroxyl groups excluding tert-OH is 8. The fraction of sp³-hybridized carbons (Fsp3) is 0.536. The number of hydrogen-bond acceptors (Lipinski definition) is 14. The number of ether oxygens (including phenoxy) is 5. The lowest BCUT2D eigenvalue weighted by Crippen LogP contribution is -2.66. The number of benzene rings is 2. The largest absolute Gasteiger partial charge is 0.509 e. The van der Waals surface area contributed by atoms with Gasteiger partial charge in [0.1, 0.15) is 66.8 Å². The van der Waals surface area contributed by atoms with Gasteiger partial charge in [-0.25, -0.2) is 4.79 Å². The summed E-state index contributed by atoms with van der Waals surface area (Å²) in [6.07, 6.45) is -23.3. The number of aliphatic hydroxyl groups is 8. The first-order chi connectivity index (χ1) is 20.0. The lowest BCUT2D eigenvalue weighted by atomic mass is 9.84. The second-order valence-electron chi connectivity index (χ2n) is 10.2. The zero-order valence-corrected chi connectivity index (χ0v) is 22.6. The van der Waals surface area contributed by atoms with E-state index in [0.29, 0.717) is 16.9 Å². The van der Waals surface area contributed by atoms with Crippen molar-refractivity contribution < 1.29 is 69.3 Å². The fourth-order valence-electron chi connectivity index (χ4n) is 4.97. The number of carbonyl (C=O) groups is 1. The van der Waals surface area contributed by atoms with Crippen molar-refractivity contribution in [3.63, 3.8) is 0 Å². The molecule has 42 heavy (non-hydrogen) atoms. The Bertz CT molecular complexity index is 1100. The summed E-state index contributed by atoms with van der Waals surface area (Å²) in [4.78, 5) is 12.5. The molecule has 2 aromatic rings. The maximum Gasteiger partial charge on any atom is 0.509 e. The van der Waals surface area contributed by atoms with E-state index >= 15 is 0 Å². The normalized spacial score (nSPS) is 36.7. The van der Waals surface area contributed by atoms with Gasteiger partial charge in [-0.15, -0.1) is 0 Å². The van der Waals surface area contributed by atoms with E-state index in [-0.39, 0.29) is 13.2 Å². The van der Waals surface area contributed by atoms with E-state index < -0.39 is 79.4 Å². The molecule has 0 aromatic heterocycles. The molecule has 0 saturated heterocycles. The van der Waals surface area contributed by atoms with Gasteiger partial charge in [0, 0.05) is 0 Å². The predicted molar refractivity (Wildman–Crippen MR) is 140 cm³/mol. The third-order valence-corrected chi connectivity index (χ3v) is 7.44. The quantitative estimate of drug-likeness (QED) is 0.146. The maximum absolute atomic E-state index is 12.5. The average molecular weight is 597 g/mol. The fourth-order valence-corrected chi connectivity index (χ4v) is 4.97. The summed E-state index contributed by atoms with van der Waals surface area (Å²) in [6, 6.07) is 15.4. The number of rotatable bonds is 9. The zero-order valence-electron chi connectivity index (χ0n) is 22.6. The van der Waals surface area contributed by atoms with Gasteiger partial charge in [0.2, 0.25) is 0 Å². The van der Waals surface area contributed by atoms with Gasteiger partial charge in [0.25, 0.3) is 0 Å². The highest BCUT2D eigenvalue weighted by Gasteiger charge is 2.54. The summed E-state index contributed by atoms with van der Waals surface area (Å²) in [7, 11) is 1.50. The zero-order chi connectivity index (χ0) is 30.6. The minimum atomic E-state index is -1.94. The van der Waals surface area contributed by atoms with Gasteiger partial charge in [-0.1, -0.05) is 42.5 Å². The molecule has 0 amide bonds. The molecular formula is C28H36O14. The van der Waals surface area contributed by atoms with Crippen molar-refractivity contribution in [1.29, 1.82) is 0 Å². The molecule has 12 atom stereocenters. The Morgan fingerprint density at radius 2 is 0.905 bits per heavy atom. The molecular weight excluding hydrogens is 560 g/mol. The van der Waals surface area contributed by atoms with Crippen LogP contribution in [0.4, 0.5) is 4.79 Å². The monoisotopic (exact) mass is 596 g/mol. The van der Waals surface area contributed by atoms with Crippen molar-refractivity contribution in [2.75, 3.05) is 7.11 Å². The van der Waals surface area contributed by atoms with Gasteiger partial charge >= 0.3 is 6.16 Å². The second-order valence-corrected chi connectivity index (χ2v) is 10.2. The lowest BCUT2D eigenvalue weighted by molar-refractivity contribution is -0.254. The second kappa shape index (κ2) is 14.1. The first-order valence-corrected chi connectivity index (χ1v) is 13.2. The summed E-state index contributed by atoms with van der Waals surface area (Å²) in [5.41, 5.74) is 1.34. The molecule has 14 heteroatoms. The summed E-state index contributed by atoms with van der Waals surface area (Å²) in [5, 5.41) is 84.2. The van der Waals surface area contributed by atoms with E-state index in [9.17, 15) is 45.6 Å². The molecule has 2 fully saturated rings. The Kier molecular flexibility index (Phi) is 10.7. The molecule has 0 spiro atoms. The molecule has 2 aliphatic carbocycles. The van der Waals surface area contributed by atoms with Crippen LogP contribution in [0, 0.1) is 0 Å². The summed E-state index contributed by atoms with van der Waals surface area (Å²) in [5.74, 6) is 0.600. The molecule has 0 aliphatic heterocycles. The van der Waals surface area contributed by atoms with Crippen LogP contribution >= 0.6 is 0 Å². The third-order valence-electron chi connectivity index (χ3n) is 7.44. The van der Waals surface area contributed by atoms with E-state index in [0.717, 1.165) is 0 Å². The molecule has 2 aliphatic rings. The van der Waals surface area contributed by atoms with Crippen molar-refractivity contribution in [1.82, 2.24) is 0 Å². The predicted octanol–water partition coefficient (Wildman–Crippen LogP) is -2.03. The van der Waals surface area contributed by atoms with Crippen LogP contribution in [0.5, 0.6) is 5.75 Å². The smallest absolute Gasteiger partial charge is 0.497 e. The molecule has 4 rings (SSSR count). The molecule has 232 valence electrons. The van der Waals surface area contributed by atoms with Crippen LogP contribution in [-0.2, 0) is 32.2 Å². The van der Waals surface area contributed by atoms with Crippen LogP contribution in [0.25, 0.3) is 0 Å². The average Bonchev–Trinajstić information content (AvgIpc) is 3.00. The number of hydrogen-bond donors (Lipinski definition) is 8. The third kappa shape index (κ3) is 7.01. The lowest BCUT2D eigenvalue weighted by Gasteiger charge is -2.44. The van der Waals surface area contributed by atoms with Crippen LogP contribution < -0.4 is 4.74 Å². The molecule has 0 bridgehead atoms. The van der Waals surface area contributed by atoms with Gasteiger partial charge in [0.15, 0.2) is 12.2 Å². The van der Waals surface area contributed by atoms with E-state index in [1.807, 2.05) is 0 Å². The van der Waals surface area contributed by atoms with Crippen molar-refractivity contribution in [2.24, 2.45) is 0 Å². The summed E-state index contributed by atoms with van der Waals surface area (Å²) in [6.45, 7) is -0.159. The first kappa shape index (κ1) is 32.0. The van der Waals surface area contributed by atoms with Gasteiger partial charge < -0.3 is 64.5 Å². The van der Waals surface area contributed by atoms with Crippen LogP contribution in [0.3, 0.4) is 0 Å².